The Bertz CT molecular complexity index is 801. The number of piperidine rings is 1. The maximum Gasteiger partial charge on any atom is 0.270 e. The Morgan fingerprint density at radius 3 is 2.96 bits per heavy atom. The lowest BCUT2D eigenvalue weighted by molar-refractivity contribution is 0.0904. The van der Waals surface area contributed by atoms with Crippen LogP contribution in [0.15, 0.2) is 22.7 Å². The number of nitrogens with one attached hydrogen (secondary N) is 2. The Kier molecular flexibility index (Phi) is 4.05. The number of carbonyl (C=O) groups is 1. The van der Waals surface area contributed by atoms with Crippen LogP contribution < -0.4 is 15.5 Å². The lowest BCUT2D eigenvalue weighted by atomic mass is 9.97. The summed E-state index contributed by atoms with van der Waals surface area (Å²) in [7, 11) is 0. The van der Waals surface area contributed by atoms with Gasteiger partial charge in [-0.05, 0) is 25.3 Å². The number of rotatable bonds is 3. The molecule has 1 amide bonds. The Morgan fingerprint density at radius 2 is 2.12 bits per heavy atom. The van der Waals surface area contributed by atoms with Crippen LogP contribution in [-0.4, -0.2) is 67.6 Å². The maximum atomic E-state index is 12.6. The highest BCUT2D eigenvalue weighted by atomic mass is 16.4. The molecule has 1 unspecified atom stereocenters. The second kappa shape index (κ2) is 6.55. The van der Waals surface area contributed by atoms with Crippen molar-refractivity contribution >= 4 is 22.8 Å². The molecule has 26 heavy (non-hydrogen) atoms. The van der Waals surface area contributed by atoms with Gasteiger partial charge in [-0.3, -0.25) is 9.78 Å². The molecule has 3 saturated heterocycles. The van der Waals surface area contributed by atoms with Gasteiger partial charge in [0, 0.05) is 69.0 Å². The van der Waals surface area contributed by atoms with Crippen LogP contribution in [0.5, 0.6) is 0 Å². The molecule has 2 aromatic heterocycles. The average Bonchev–Trinajstić information content (AvgIpc) is 3.24. The van der Waals surface area contributed by atoms with Crippen LogP contribution in [0.25, 0.3) is 11.0 Å². The molecule has 3 aliphatic heterocycles. The van der Waals surface area contributed by atoms with Gasteiger partial charge in [0.2, 0.25) is 0 Å². The SMILES string of the molecule is O=C(N[C@@H]1C[C@H]2CCN(C2)C1)c1cc2oc(N3CCNCC3)cc2cn1. The zero-order chi connectivity index (χ0) is 17.5. The smallest absolute Gasteiger partial charge is 0.270 e. The summed E-state index contributed by atoms with van der Waals surface area (Å²) in [6.07, 6.45) is 4.09. The zero-order valence-electron chi connectivity index (χ0n) is 14.9. The van der Waals surface area contributed by atoms with E-state index in [2.05, 4.69) is 25.4 Å². The number of anilines is 1. The molecule has 7 nitrogen and oxygen atoms in total. The first-order valence-electron chi connectivity index (χ1n) is 9.63. The molecule has 138 valence electrons. The van der Waals surface area contributed by atoms with E-state index in [1.165, 1.54) is 19.5 Å². The molecule has 2 bridgehead atoms. The van der Waals surface area contributed by atoms with Crippen molar-refractivity contribution in [3.05, 3.63) is 24.0 Å². The molecule has 5 rings (SSSR count). The summed E-state index contributed by atoms with van der Waals surface area (Å²) in [4.78, 5) is 21.7. The first-order chi connectivity index (χ1) is 12.7. The van der Waals surface area contributed by atoms with Gasteiger partial charge in [0.05, 0.1) is 0 Å². The second-order valence-corrected chi connectivity index (χ2v) is 7.75. The first-order valence-corrected chi connectivity index (χ1v) is 9.63. The van der Waals surface area contributed by atoms with Gasteiger partial charge >= 0.3 is 0 Å². The van der Waals surface area contributed by atoms with Crippen LogP contribution in [-0.2, 0) is 0 Å². The molecule has 0 radical (unpaired) electrons. The monoisotopic (exact) mass is 355 g/mol. The molecule has 0 saturated carbocycles. The molecule has 2 aromatic rings. The van der Waals surface area contributed by atoms with Crippen molar-refractivity contribution in [2.24, 2.45) is 5.92 Å². The molecular weight excluding hydrogens is 330 g/mol. The fourth-order valence-electron chi connectivity index (χ4n) is 4.51. The Morgan fingerprint density at radius 1 is 1.23 bits per heavy atom. The standard InChI is InChI=1S/C19H25N5O2/c25-19(22-15-7-13-1-4-23(11-13)12-15)16-9-17-14(10-21-16)8-18(26-17)24-5-2-20-3-6-24/h8-10,13,15,20H,1-7,11-12H2,(H,22,25)/t13-,15-/m1/s1. The van der Waals surface area contributed by atoms with E-state index in [-0.39, 0.29) is 11.9 Å². The van der Waals surface area contributed by atoms with Gasteiger partial charge < -0.3 is 24.9 Å². The quantitative estimate of drug-likeness (QED) is 0.858. The summed E-state index contributed by atoms with van der Waals surface area (Å²) >= 11 is 0. The maximum absolute atomic E-state index is 12.6. The third kappa shape index (κ3) is 3.05. The number of aromatic nitrogens is 1. The van der Waals surface area contributed by atoms with Crippen LogP contribution in [0.1, 0.15) is 23.3 Å². The van der Waals surface area contributed by atoms with Crippen molar-refractivity contribution in [3.8, 4) is 0 Å². The molecule has 2 N–H and O–H groups in total. The van der Waals surface area contributed by atoms with Crippen LogP contribution in [0.3, 0.4) is 0 Å². The molecule has 3 atom stereocenters. The highest BCUT2D eigenvalue weighted by Crippen LogP contribution is 2.28. The van der Waals surface area contributed by atoms with Crippen LogP contribution >= 0.6 is 0 Å². The largest absolute Gasteiger partial charge is 0.440 e. The van der Waals surface area contributed by atoms with Gasteiger partial charge in [-0.2, -0.15) is 0 Å². The number of furan rings is 1. The molecule has 7 heteroatoms. The zero-order valence-corrected chi connectivity index (χ0v) is 14.9. The predicted molar refractivity (Wildman–Crippen MR) is 99.5 cm³/mol. The Balaban J connectivity index is 1.31. The van der Waals surface area contributed by atoms with E-state index in [1.54, 1.807) is 12.3 Å². The number of carbonyl (C=O) groups excluding carboxylic acids is 1. The number of fused-ring (bicyclic) bond motifs is 3. The van der Waals surface area contributed by atoms with E-state index >= 15 is 0 Å². The number of hydrogen-bond donors (Lipinski definition) is 2. The first kappa shape index (κ1) is 16.1. The summed E-state index contributed by atoms with van der Waals surface area (Å²) in [6.45, 7) is 7.10. The van der Waals surface area contributed by atoms with Crippen molar-refractivity contribution in [3.63, 3.8) is 0 Å². The molecule has 0 aromatic carbocycles. The highest BCUT2D eigenvalue weighted by Gasteiger charge is 2.33. The van der Waals surface area contributed by atoms with Gasteiger partial charge in [-0.1, -0.05) is 0 Å². The average molecular weight is 355 g/mol. The molecule has 0 spiro atoms. The van der Waals surface area contributed by atoms with Gasteiger partial charge in [0.15, 0.2) is 5.88 Å². The number of hydrogen-bond acceptors (Lipinski definition) is 6. The minimum atomic E-state index is -0.0977. The summed E-state index contributed by atoms with van der Waals surface area (Å²) in [5.41, 5.74) is 1.16. The third-order valence-electron chi connectivity index (χ3n) is 5.85. The van der Waals surface area contributed by atoms with Crippen molar-refractivity contribution < 1.29 is 9.21 Å². The second-order valence-electron chi connectivity index (χ2n) is 7.75. The van der Waals surface area contributed by atoms with Crippen molar-refractivity contribution in [2.45, 2.75) is 18.9 Å². The van der Waals surface area contributed by atoms with Gasteiger partial charge in [0.1, 0.15) is 11.3 Å². The Hall–Kier alpha value is -2.12. The lowest BCUT2D eigenvalue weighted by Gasteiger charge is -2.30. The van der Waals surface area contributed by atoms with E-state index in [1.807, 2.05) is 6.07 Å². The van der Waals surface area contributed by atoms with E-state index in [0.29, 0.717) is 5.69 Å². The predicted octanol–water partition coefficient (Wildman–Crippen LogP) is 1.06. The van der Waals surface area contributed by atoms with E-state index < -0.39 is 0 Å². The number of pyridine rings is 1. The van der Waals surface area contributed by atoms with Crippen molar-refractivity contribution in [2.75, 3.05) is 50.7 Å². The van der Waals surface area contributed by atoms with E-state index in [0.717, 1.165) is 61.9 Å². The molecule has 3 fully saturated rings. The van der Waals surface area contributed by atoms with Gasteiger partial charge in [-0.15, -0.1) is 0 Å². The summed E-state index contributed by atoms with van der Waals surface area (Å²) in [5.74, 6) is 1.49. The molecule has 0 aliphatic carbocycles. The number of nitrogens with zero attached hydrogens (tertiary/aromatic N) is 3. The topological polar surface area (TPSA) is 73.6 Å². The van der Waals surface area contributed by atoms with E-state index in [4.69, 9.17) is 4.42 Å². The normalized spacial score (nSPS) is 28.5. The van der Waals surface area contributed by atoms with Crippen molar-refractivity contribution in [1.29, 1.82) is 0 Å². The Labute approximate surface area is 152 Å². The number of amides is 1. The lowest BCUT2D eigenvalue weighted by Crippen LogP contribution is -2.47. The molecular formula is C19H25N5O2. The van der Waals surface area contributed by atoms with Crippen LogP contribution in [0.2, 0.25) is 0 Å². The fraction of sp³-hybridized carbons (Fsp3) is 0.579. The van der Waals surface area contributed by atoms with Crippen LogP contribution in [0.4, 0.5) is 5.88 Å². The molecule has 5 heterocycles. The van der Waals surface area contributed by atoms with Crippen molar-refractivity contribution in [1.82, 2.24) is 20.5 Å². The third-order valence-corrected chi connectivity index (χ3v) is 5.85. The summed E-state index contributed by atoms with van der Waals surface area (Å²) < 4.78 is 6.00. The van der Waals surface area contributed by atoms with Gasteiger partial charge in [-0.25, -0.2) is 0 Å². The fourth-order valence-corrected chi connectivity index (χ4v) is 4.51. The highest BCUT2D eigenvalue weighted by molar-refractivity contribution is 5.95. The minimum absolute atomic E-state index is 0.0977. The van der Waals surface area contributed by atoms with Crippen LogP contribution in [0, 0.1) is 5.92 Å². The number of piperazine rings is 1. The minimum Gasteiger partial charge on any atom is -0.440 e. The van der Waals surface area contributed by atoms with Gasteiger partial charge in [0.25, 0.3) is 5.91 Å². The molecule has 3 aliphatic rings. The summed E-state index contributed by atoms with van der Waals surface area (Å²) in [6, 6.07) is 4.02. The summed E-state index contributed by atoms with van der Waals surface area (Å²) in [5, 5.41) is 7.45. The van der Waals surface area contributed by atoms with E-state index in [9.17, 15) is 4.79 Å².